The molecule has 0 aliphatic rings. The Bertz CT molecular complexity index is 1060. The molecule has 0 fully saturated rings. The summed E-state index contributed by atoms with van der Waals surface area (Å²) in [5.74, 6) is -0.319. The number of methoxy groups -OCH3 is 2. The van der Waals surface area contributed by atoms with E-state index >= 15 is 0 Å². The number of amides is 1. The van der Waals surface area contributed by atoms with Crippen LogP contribution in [0.4, 0.5) is 10.1 Å². The van der Waals surface area contributed by atoms with Gasteiger partial charge in [-0.15, -0.1) is 0 Å². The second-order valence-electron chi connectivity index (χ2n) is 5.63. The number of carbonyl (C=O) groups excluding carboxylic acids is 1. The minimum Gasteiger partial charge on any atom is -0.494 e. The zero-order valence-corrected chi connectivity index (χ0v) is 15.2. The van der Waals surface area contributed by atoms with Gasteiger partial charge in [-0.3, -0.25) is 4.79 Å². The van der Waals surface area contributed by atoms with Gasteiger partial charge in [0.2, 0.25) is 5.91 Å². The van der Waals surface area contributed by atoms with E-state index in [0.29, 0.717) is 22.6 Å². The lowest BCUT2D eigenvalue weighted by atomic mass is 10.1. The Hall–Kier alpha value is -3.06. The van der Waals surface area contributed by atoms with Crippen molar-refractivity contribution in [2.75, 3.05) is 19.5 Å². The number of fused-ring (bicyclic) bond motifs is 1. The minimum absolute atomic E-state index is 0.0792. The first kappa shape index (κ1) is 18.7. The molecule has 0 aliphatic carbocycles. The summed E-state index contributed by atoms with van der Waals surface area (Å²) in [6.45, 7) is 0. The van der Waals surface area contributed by atoms with Crippen LogP contribution in [-0.4, -0.2) is 20.1 Å². The standard InChI is InChI=1S/C19H15ClFNO5/c1-25-14-4-3-5-15(26-2)18(14)22-17(23)8-11-6-10-7-13(21)12(20)9-16(10)27-19(11)24/h3-7,9H,8H2,1-2H3,(H,22,23). The molecule has 0 saturated heterocycles. The van der Waals surface area contributed by atoms with Crippen LogP contribution >= 0.6 is 11.6 Å². The smallest absolute Gasteiger partial charge is 0.339 e. The molecule has 0 atom stereocenters. The van der Waals surface area contributed by atoms with Gasteiger partial charge < -0.3 is 19.2 Å². The normalized spacial score (nSPS) is 10.7. The molecule has 0 spiro atoms. The van der Waals surface area contributed by atoms with E-state index in [1.54, 1.807) is 18.2 Å². The Balaban J connectivity index is 1.90. The van der Waals surface area contributed by atoms with Gasteiger partial charge in [-0.05, 0) is 24.3 Å². The Morgan fingerprint density at radius 3 is 2.48 bits per heavy atom. The molecule has 1 N–H and O–H groups in total. The summed E-state index contributed by atoms with van der Waals surface area (Å²) in [7, 11) is 2.92. The predicted octanol–water partition coefficient (Wildman–Crippen LogP) is 3.78. The van der Waals surface area contributed by atoms with Gasteiger partial charge in [-0.1, -0.05) is 17.7 Å². The van der Waals surface area contributed by atoms with Crippen molar-refractivity contribution in [1.29, 1.82) is 0 Å². The van der Waals surface area contributed by atoms with Crippen LogP contribution in [0.2, 0.25) is 5.02 Å². The van der Waals surface area contributed by atoms with Gasteiger partial charge in [0.25, 0.3) is 0 Å². The van der Waals surface area contributed by atoms with E-state index in [-0.39, 0.29) is 22.6 Å². The second kappa shape index (κ2) is 7.67. The molecule has 140 valence electrons. The number of anilines is 1. The highest BCUT2D eigenvalue weighted by atomic mass is 35.5. The first-order valence-electron chi connectivity index (χ1n) is 7.85. The van der Waals surface area contributed by atoms with Crippen molar-refractivity contribution in [3.05, 3.63) is 63.2 Å². The maximum absolute atomic E-state index is 13.6. The van der Waals surface area contributed by atoms with Gasteiger partial charge in [0.1, 0.15) is 28.6 Å². The molecule has 0 bridgehead atoms. The molecule has 1 amide bonds. The number of ether oxygens (including phenoxy) is 2. The van der Waals surface area contributed by atoms with Crippen LogP contribution in [0.1, 0.15) is 5.56 Å². The van der Waals surface area contributed by atoms with Crippen LogP contribution in [0.25, 0.3) is 11.0 Å². The van der Waals surface area contributed by atoms with E-state index in [4.69, 9.17) is 25.5 Å². The molecule has 0 aliphatic heterocycles. The fourth-order valence-electron chi connectivity index (χ4n) is 2.61. The second-order valence-corrected chi connectivity index (χ2v) is 6.03. The van der Waals surface area contributed by atoms with Gasteiger partial charge in [0, 0.05) is 17.0 Å². The van der Waals surface area contributed by atoms with E-state index in [1.165, 1.54) is 26.4 Å². The zero-order chi connectivity index (χ0) is 19.6. The van der Waals surface area contributed by atoms with Crippen LogP contribution in [0, 0.1) is 5.82 Å². The number of para-hydroxylation sites is 1. The van der Waals surface area contributed by atoms with Gasteiger partial charge in [-0.25, -0.2) is 9.18 Å². The topological polar surface area (TPSA) is 77.8 Å². The number of benzene rings is 2. The average molecular weight is 392 g/mol. The molecule has 0 unspecified atom stereocenters. The largest absolute Gasteiger partial charge is 0.494 e. The monoisotopic (exact) mass is 391 g/mol. The van der Waals surface area contributed by atoms with Gasteiger partial charge >= 0.3 is 5.63 Å². The molecular formula is C19H15ClFNO5. The third kappa shape index (κ3) is 3.88. The summed E-state index contributed by atoms with van der Waals surface area (Å²) in [6.07, 6.45) is -0.274. The average Bonchev–Trinajstić information content (AvgIpc) is 2.64. The summed E-state index contributed by atoms with van der Waals surface area (Å²) < 4.78 is 29.2. The Kier molecular flexibility index (Phi) is 5.32. The number of rotatable bonds is 5. The highest BCUT2D eigenvalue weighted by molar-refractivity contribution is 6.31. The third-order valence-electron chi connectivity index (χ3n) is 3.89. The van der Waals surface area contributed by atoms with Crippen molar-refractivity contribution in [3.63, 3.8) is 0 Å². The zero-order valence-electron chi connectivity index (χ0n) is 14.5. The lowest BCUT2D eigenvalue weighted by Crippen LogP contribution is -2.20. The molecule has 0 radical (unpaired) electrons. The summed E-state index contributed by atoms with van der Waals surface area (Å²) >= 11 is 5.69. The van der Waals surface area contributed by atoms with Crippen molar-refractivity contribution < 1.29 is 23.1 Å². The Labute approximate surface area is 158 Å². The van der Waals surface area contributed by atoms with Crippen molar-refractivity contribution in [2.45, 2.75) is 6.42 Å². The number of halogens is 2. The molecule has 8 heteroatoms. The SMILES string of the molecule is COc1cccc(OC)c1NC(=O)Cc1cc2cc(F)c(Cl)cc2oc1=O. The number of hydrogen-bond donors (Lipinski definition) is 1. The summed E-state index contributed by atoms with van der Waals surface area (Å²) in [4.78, 5) is 24.6. The van der Waals surface area contributed by atoms with Crippen LogP contribution in [0.15, 0.2) is 45.6 Å². The van der Waals surface area contributed by atoms with E-state index < -0.39 is 17.3 Å². The van der Waals surface area contributed by atoms with E-state index in [1.807, 2.05) is 0 Å². The molecule has 27 heavy (non-hydrogen) atoms. The van der Waals surface area contributed by atoms with Crippen LogP contribution < -0.4 is 20.4 Å². The van der Waals surface area contributed by atoms with Crippen molar-refractivity contribution in [3.8, 4) is 11.5 Å². The number of carbonyl (C=O) groups is 1. The van der Waals surface area contributed by atoms with E-state index in [0.717, 1.165) is 6.07 Å². The van der Waals surface area contributed by atoms with Crippen LogP contribution in [0.3, 0.4) is 0 Å². The molecule has 3 aromatic rings. The third-order valence-corrected chi connectivity index (χ3v) is 4.18. The molecule has 1 heterocycles. The lowest BCUT2D eigenvalue weighted by molar-refractivity contribution is -0.115. The fourth-order valence-corrected chi connectivity index (χ4v) is 2.77. The molecule has 0 saturated carbocycles. The highest BCUT2D eigenvalue weighted by Gasteiger charge is 2.16. The molecule has 3 rings (SSSR count). The van der Waals surface area contributed by atoms with Crippen LogP contribution in [0.5, 0.6) is 11.5 Å². The first-order valence-corrected chi connectivity index (χ1v) is 8.23. The Morgan fingerprint density at radius 1 is 1.19 bits per heavy atom. The number of nitrogens with one attached hydrogen (secondary N) is 1. The minimum atomic E-state index is -0.702. The van der Waals surface area contributed by atoms with Gasteiger partial charge in [-0.2, -0.15) is 0 Å². The van der Waals surface area contributed by atoms with Crippen molar-refractivity contribution >= 4 is 34.2 Å². The van der Waals surface area contributed by atoms with Gasteiger partial charge in [0.05, 0.1) is 25.7 Å². The van der Waals surface area contributed by atoms with Crippen LogP contribution in [-0.2, 0) is 11.2 Å². The van der Waals surface area contributed by atoms with E-state index in [2.05, 4.69) is 5.32 Å². The molecule has 2 aromatic carbocycles. The predicted molar refractivity (Wildman–Crippen MR) is 99.3 cm³/mol. The maximum atomic E-state index is 13.6. The number of hydrogen-bond acceptors (Lipinski definition) is 5. The summed E-state index contributed by atoms with van der Waals surface area (Å²) in [6, 6.07) is 8.80. The van der Waals surface area contributed by atoms with Gasteiger partial charge in [0.15, 0.2) is 0 Å². The Morgan fingerprint density at radius 2 is 1.85 bits per heavy atom. The van der Waals surface area contributed by atoms with Crippen molar-refractivity contribution in [1.82, 2.24) is 0 Å². The molecule has 6 nitrogen and oxygen atoms in total. The quantitative estimate of drug-likeness (QED) is 0.670. The summed E-state index contributed by atoms with van der Waals surface area (Å²) in [5, 5.41) is 2.84. The first-order chi connectivity index (χ1) is 12.9. The summed E-state index contributed by atoms with van der Waals surface area (Å²) in [5.41, 5.74) is -0.139. The fraction of sp³-hybridized carbons (Fsp3) is 0.158. The van der Waals surface area contributed by atoms with E-state index in [9.17, 15) is 14.0 Å². The maximum Gasteiger partial charge on any atom is 0.339 e. The highest BCUT2D eigenvalue weighted by Crippen LogP contribution is 2.34. The molecular weight excluding hydrogens is 377 g/mol. The molecule has 1 aromatic heterocycles. The van der Waals surface area contributed by atoms with Crippen molar-refractivity contribution in [2.24, 2.45) is 0 Å². The lowest BCUT2D eigenvalue weighted by Gasteiger charge is -2.13.